The van der Waals surface area contributed by atoms with Crippen LogP contribution in [-0.4, -0.2) is 19.5 Å². The molecular formula is C18H15F2N3O4S2. The highest BCUT2D eigenvalue weighted by Crippen LogP contribution is 2.35. The lowest BCUT2D eigenvalue weighted by molar-refractivity contribution is 0.142. The average molecular weight is 439 g/mol. The van der Waals surface area contributed by atoms with E-state index in [2.05, 4.69) is 10.3 Å². The van der Waals surface area contributed by atoms with E-state index in [4.69, 9.17) is 9.88 Å². The summed E-state index contributed by atoms with van der Waals surface area (Å²) in [6, 6.07) is 12.4. The van der Waals surface area contributed by atoms with Crippen molar-refractivity contribution in [3.05, 3.63) is 59.2 Å². The van der Waals surface area contributed by atoms with Gasteiger partial charge in [0.15, 0.2) is 5.69 Å². The number of carbonyl (C=O) groups excluding carboxylic acids is 1. The molecular weight excluding hydrogens is 424 g/mol. The number of nitrogens with zero attached hydrogens (tertiary/aromatic N) is 1. The van der Waals surface area contributed by atoms with Gasteiger partial charge in [0.05, 0.1) is 15.6 Å². The minimum Gasteiger partial charge on any atom is -0.397 e. The molecule has 0 aliphatic carbocycles. The number of alkyl halides is 2. The third-order valence-electron chi connectivity index (χ3n) is 3.76. The molecule has 0 saturated heterocycles. The average Bonchev–Trinajstić information content (AvgIpc) is 3.02. The third kappa shape index (κ3) is 4.94. The molecule has 0 spiro atoms. The molecule has 2 aromatic carbocycles. The first-order chi connectivity index (χ1) is 13.6. The number of nitrogens with one attached hydrogen (secondary N) is 1. The van der Waals surface area contributed by atoms with Crippen molar-refractivity contribution in [2.75, 3.05) is 5.32 Å². The Morgan fingerprint density at radius 2 is 1.93 bits per heavy atom. The topological polar surface area (TPSA) is 111 Å². The maximum absolute atomic E-state index is 13.0. The predicted molar refractivity (Wildman–Crippen MR) is 105 cm³/mol. The summed E-state index contributed by atoms with van der Waals surface area (Å²) in [5.41, 5.74) is 0.666. The standard InChI is InChI=1S/C18H15F2N3O4S2/c1-10-22-15(16(19)20)17(28-10)27-18(24)23-14-8-3-2-7-13(14)11-5-4-6-12(9-11)29(21,25)26/h2-9,16H,1H3,(H,23,24)(H2,21,25,26). The Labute approximate surface area is 169 Å². The quantitative estimate of drug-likeness (QED) is 0.615. The monoisotopic (exact) mass is 439 g/mol. The number of hydrogen-bond acceptors (Lipinski definition) is 6. The molecule has 0 aliphatic heterocycles. The highest BCUT2D eigenvalue weighted by molar-refractivity contribution is 7.89. The van der Waals surface area contributed by atoms with E-state index in [-0.39, 0.29) is 9.96 Å². The molecule has 0 unspecified atom stereocenters. The SMILES string of the molecule is Cc1nc(C(F)F)c(OC(=O)Nc2ccccc2-c2cccc(S(N)(=O)=O)c2)s1. The number of halogens is 2. The molecule has 0 bridgehead atoms. The van der Waals surface area contributed by atoms with E-state index >= 15 is 0 Å². The number of para-hydroxylation sites is 1. The summed E-state index contributed by atoms with van der Waals surface area (Å²) in [5.74, 6) is 0. The van der Waals surface area contributed by atoms with E-state index in [0.29, 0.717) is 21.8 Å². The number of sulfonamides is 1. The van der Waals surface area contributed by atoms with Gasteiger partial charge in [0.25, 0.3) is 6.43 Å². The Hall–Kier alpha value is -2.89. The molecule has 0 atom stereocenters. The van der Waals surface area contributed by atoms with Crippen LogP contribution < -0.4 is 15.2 Å². The summed E-state index contributed by atoms with van der Waals surface area (Å²) in [4.78, 5) is 15.8. The Morgan fingerprint density at radius 1 is 1.21 bits per heavy atom. The van der Waals surface area contributed by atoms with Crippen LogP contribution in [0.2, 0.25) is 0 Å². The number of rotatable bonds is 5. The van der Waals surface area contributed by atoms with Crippen molar-refractivity contribution >= 4 is 33.1 Å². The molecule has 1 aromatic heterocycles. The zero-order valence-electron chi connectivity index (χ0n) is 14.9. The van der Waals surface area contributed by atoms with Gasteiger partial charge in [-0.05, 0) is 30.7 Å². The first kappa shape index (κ1) is 20.8. The summed E-state index contributed by atoms with van der Waals surface area (Å²) in [5, 5.41) is 7.70. The Balaban J connectivity index is 1.88. The number of aromatic nitrogens is 1. The number of aryl methyl sites for hydroxylation is 1. The minimum absolute atomic E-state index is 0.0888. The van der Waals surface area contributed by atoms with Gasteiger partial charge in [0.1, 0.15) is 0 Å². The largest absolute Gasteiger partial charge is 0.417 e. The summed E-state index contributed by atoms with van der Waals surface area (Å²) in [6.07, 6.45) is -3.86. The number of benzene rings is 2. The van der Waals surface area contributed by atoms with Crippen molar-refractivity contribution in [3.8, 4) is 16.2 Å². The van der Waals surface area contributed by atoms with E-state index in [1.165, 1.54) is 25.1 Å². The number of amides is 1. The van der Waals surface area contributed by atoms with Gasteiger partial charge >= 0.3 is 6.09 Å². The molecule has 0 radical (unpaired) electrons. The highest BCUT2D eigenvalue weighted by Gasteiger charge is 2.22. The van der Waals surface area contributed by atoms with Crippen LogP contribution >= 0.6 is 11.3 Å². The Kier molecular flexibility index (Phi) is 5.91. The summed E-state index contributed by atoms with van der Waals surface area (Å²) < 4.78 is 54.2. The predicted octanol–water partition coefficient (Wildman–Crippen LogP) is 4.31. The van der Waals surface area contributed by atoms with Crippen molar-refractivity contribution in [1.82, 2.24) is 4.98 Å². The smallest absolute Gasteiger partial charge is 0.397 e. The van der Waals surface area contributed by atoms with Crippen molar-refractivity contribution < 1.29 is 26.7 Å². The summed E-state index contributed by atoms with van der Waals surface area (Å²) in [7, 11) is -3.91. The normalized spacial score (nSPS) is 11.5. The summed E-state index contributed by atoms with van der Waals surface area (Å²) >= 11 is 0.832. The number of nitrogens with two attached hydrogens (primary N) is 1. The van der Waals surface area contributed by atoms with Crippen LogP contribution in [0, 0.1) is 6.92 Å². The van der Waals surface area contributed by atoms with Gasteiger partial charge < -0.3 is 4.74 Å². The van der Waals surface area contributed by atoms with Crippen LogP contribution in [0.1, 0.15) is 17.1 Å². The number of primary sulfonamides is 1. The van der Waals surface area contributed by atoms with Gasteiger partial charge in [0, 0.05) is 5.56 Å². The molecule has 29 heavy (non-hydrogen) atoms. The molecule has 7 nitrogen and oxygen atoms in total. The van der Waals surface area contributed by atoms with Gasteiger partial charge in [-0.25, -0.2) is 32.1 Å². The number of carbonyl (C=O) groups is 1. The van der Waals surface area contributed by atoms with Gasteiger partial charge in [0.2, 0.25) is 15.1 Å². The Bertz CT molecular complexity index is 1160. The second-order valence-electron chi connectivity index (χ2n) is 5.84. The van der Waals surface area contributed by atoms with Crippen molar-refractivity contribution in [1.29, 1.82) is 0 Å². The first-order valence-electron chi connectivity index (χ1n) is 8.11. The van der Waals surface area contributed by atoms with Crippen LogP contribution in [0.5, 0.6) is 5.06 Å². The summed E-state index contributed by atoms with van der Waals surface area (Å²) in [6.45, 7) is 1.52. The van der Waals surface area contributed by atoms with Gasteiger partial charge in [-0.15, -0.1) is 0 Å². The zero-order valence-corrected chi connectivity index (χ0v) is 16.6. The molecule has 1 heterocycles. The number of thiazole rings is 1. The van der Waals surface area contributed by atoms with Crippen molar-refractivity contribution in [2.45, 2.75) is 18.2 Å². The van der Waals surface area contributed by atoms with E-state index in [1.807, 2.05) is 0 Å². The lowest BCUT2D eigenvalue weighted by atomic mass is 10.0. The van der Waals surface area contributed by atoms with Crippen LogP contribution in [0.3, 0.4) is 0 Å². The molecule has 1 amide bonds. The minimum atomic E-state index is -3.91. The van der Waals surface area contributed by atoms with Crippen LogP contribution in [0.25, 0.3) is 11.1 Å². The van der Waals surface area contributed by atoms with Crippen LogP contribution in [0.4, 0.5) is 19.3 Å². The van der Waals surface area contributed by atoms with E-state index < -0.39 is 28.2 Å². The second kappa shape index (κ2) is 8.23. The van der Waals surface area contributed by atoms with Gasteiger partial charge in [-0.2, -0.15) is 0 Å². The fourth-order valence-corrected chi connectivity index (χ4v) is 3.87. The fraction of sp³-hybridized carbons (Fsp3) is 0.111. The maximum Gasteiger partial charge on any atom is 0.417 e. The zero-order chi connectivity index (χ0) is 21.2. The Morgan fingerprint density at radius 3 is 2.62 bits per heavy atom. The molecule has 3 rings (SSSR count). The lowest BCUT2D eigenvalue weighted by Crippen LogP contribution is -2.17. The molecule has 0 saturated carbocycles. The van der Waals surface area contributed by atoms with E-state index in [0.717, 1.165) is 11.3 Å². The fourth-order valence-electron chi connectivity index (χ4n) is 2.54. The second-order valence-corrected chi connectivity index (χ2v) is 8.57. The van der Waals surface area contributed by atoms with Gasteiger partial charge in [-0.3, -0.25) is 5.32 Å². The highest BCUT2D eigenvalue weighted by atomic mass is 32.2. The van der Waals surface area contributed by atoms with Gasteiger partial charge in [-0.1, -0.05) is 41.7 Å². The molecule has 3 aromatic rings. The maximum atomic E-state index is 13.0. The molecule has 3 N–H and O–H groups in total. The molecule has 0 fully saturated rings. The molecule has 0 aliphatic rings. The third-order valence-corrected chi connectivity index (χ3v) is 5.53. The number of anilines is 1. The van der Waals surface area contributed by atoms with Crippen molar-refractivity contribution in [3.63, 3.8) is 0 Å². The molecule has 152 valence electrons. The number of ether oxygens (including phenoxy) is 1. The van der Waals surface area contributed by atoms with Crippen molar-refractivity contribution in [2.24, 2.45) is 5.14 Å². The lowest BCUT2D eigenvalue weighted by Gasteiger charge is -2.12. The van der Waals surface area contributed by atoms with Crippen LogP contribution in [0.15, 0.2) is 53.4 Å². The van der Waals surface area contributed by atoms with E-state index in [1.54, 1.807) is 30.3 Å². The van der Waals surface area contributed by atoms with E-state index in [9.17, 15) is 22.0 Å². The molecule has 11 heteroatoms. The first-order valence-corrected chi connectivity index (χ1v) is 10.5. The number of hydrogen-bond donors (Lipinski definition) is 2. The van der Waals surface area contributed by atoms with Crippen LogP contribution in [-0.2, 0) is 10.0 Å².